The zero-order valence-corrected chi connectivity index (χ0v) is 16.7. The molecule has 0 spiro atoms. The Hall–Kier alpha value is -3.09. The van der Waals surface area contributed by atoms with Crippen molar-refractivity contribution in [2.75, 3.05) is 20.8 Å². The van der Waals surface area contributed by atoms with Gasteiger partial charge in [-0.2, -0.15) is 0 Å². The molecule has 2 N–H and O–H groups in total. The zero-order chi connectivity index (χ0) is 20.5. The van der Waals surface area contributed by atoms with Gasteiger partial charge in [0.05, 0.1) is 14.2 Å². The van der Waals surface area contributed by atoms with Crippen molar-refractivity contribution in [3.05, 3.63) is 53.3 Å². The van der Waals surface area contributed by atoms with Crippen molar-refractivity contribution in [2.45, 2.75) is 26.8 Å². The molecule has 28 heavy (non-hydrogen) atoms. The Morgan fingerprint density at radius 3 is 2.43 bits per heavy atom. The maximum Gasteiger partial charge on any atom is 0.270 e. The predicted octanol–water partition coefficient (Wildman–Crippen LogP) is 2.80. The highest BCUT2D eigenvalue weighted by Gasteiger charge is 2.12. The summed E-state index contributed by atoms with van der Waals surface area (Å²) in [5.41, 5.74) is 1.46. The standard InChI is InChI=1S/C21H27N3O4/c1-14(2)7-9-23-20(25)16-8-10-22-17(12-16)21(26)24-13-15-5-6-18(27-3)19(11-15)28-4/h5-6,8,10-12,14H,7,9,13H2,1-4H3,(H,23,25)(H,24,26). The average Bonchev–Trinajstić information content (AvgIpc) is 2.71. The van der Waals surface area contributed by atoms with Crippen LogP contribution >= 0.6 is 0 Å². The second-order valence-corrected chi connectivity index (χ2v) is 6.74. The van der Waals surface area contributed by atoms with Crippen LogP contribution in [0.15, 0.2) is 36.5 Å². The molecular formula is C21H27N3O4. The van der Waals surface area contributed by atoms with E-state index in [2.05, 4.69) is 29.5 Å². The number of hydrogen-bond acceptors (Lipinski definition) is 5. The van der Waals surface area contributed by atoms with Crippen LogP contribution in [0, 0.1) is 5.92 Å². The maximum absolute atomic E-state index is 12.4. The van der Waals surface area contributed by atoms with Crippen LogP contribution in [0.4, 0.5) is 0 Å². The normalized spacial score (nSPS) is 10.5. The molecular weight excluding hydrogens is 358 g/mol. The first-order valence-electron chi connectivity index (χ1n) is 9.18. The first-order valence-corrected chi connectivity index (χ1v) is 9.18. The Bertz CT molecular complexity index is 821. The molecule has 1 heterocycles. The van der Waals surface area contributed by atoms with E-state index in [1.807, 2.05) is 6.07 Å². The Labute approximate surface area is 165 Å². The minimum atomic E-state index is -0.355. The third-order valence-corrected chi connectivity index (χ3v) is 4.16. The van der Waals surface area contributed by atoms with Gasteiger partial charge in [0.2, 0.25) is 0 Å². The van der Waals surface area contributed by atoms with E-state index >= 15 is 0 Å². The fraction of sp³-hybridized carbons (Fsp3) is 0.381. The van der Waals surface area contributed by atoms with Gasteiger partial charge >= 0.3 is 0 Å². The van der Waals surface area contributed by atoms with E-state index < -0.39 is 0 Å². The van der Waals surface area contributed by atoms with E-state index in [4.69, 9.17) is 9.47 Å². The molecule has 0 atom stereocenters. The number of ether oxygens (including phenoxy) is 2. The summed E-state index contributed by atoms with van der Waals surface area (Å²) >= 11 is 0. The van der Waals surface area contributed by atoms with E-state index in [0.717, 1.165) is 12.0 Å². The van der Waals surface area contributed by atoms with Crippen LogP contribution in [0.5, 0.6) is 11.5 Å². The quantitative estimate of drug-likeness (QED) is 0.693. The van der Waals surface area contributed by atoms with Crippen molar-refractivity contribution in [1.82, 2.24) is 15.6 Å². The Morgan fingerprint density at radius 2 is 1.75 bits per heavy atom. The van der Waals surface area contributed by atoms with Gasteiger partial charge in [-0.05, 0) is 42.2 Å². The number of methoxy groups -OCH3 is 2. The molecule has 0 aliphatic rings. The molecule has 1 aromatic carbocycles. The van der Waals surface area contributed by atoms with Gasteiger partial charge in [0, 0.05) is 24.8 Å². The molecule has 2 rings (SSSR count). The number of benzene rings is 1. The van der Waals surface area contributed by atoms with Gasteiger partial charge in [-0.1, -0.05) is 19.9 Å². The second-order valence-electron chi connectivity index (χ2n) is 6.74. The molecule has 2 aromatic rings. The largest absolute Gasteiger partial charge is 0.493 e. The van der Waals surface area contributed by atoms with Crippen molar-refractivity contribution in [3.63, 3.8) is 0 Å². The summed E-state index contributed by atoms with van der Waals surface area (Å²) in [5.74, 6) is 1.15. The van der Waals surface area contributed by atoms with Gasteiger partial charge in [-0.15, -0.1) is 0 Å². The third-order valence-electron chi connectivity index (χ3n) is 4.16. The SMILES string of the molecule is COc1ccc(CNC(=O)c2cc(C(=O)NCCC(C)C)ccn2)cc1OC. The summed E-state index contributed by atoms with van der Waals surface area (Å²) in [6.45, 7) is 5.09. The molecule has 0 unspecified atom stereocenters. The number of carbonyl (C=O) groups is 2. The van der Waals surface area contributed by atoms with Gasteiger partial charge in [-0.3, -0.25) is 14.6 Å². The number of rotatable bonds is 9. The highest BCUT2D eigenvalue weighted by Crippen LogP contribution is 2.27. The van der Waals surface area contributed by atoms with E-state index in [-0.39, 0.29) is 17.5 Å². The van der Waals surface area contributed by atoms with Crippen molar-refractivity contribution in [1.29, 1.82) is 0 Å². The molecule has 150 valence electrons. The molecule has 0 saturated carbocycles. The Kier molecular flexibility index (Phi) is 7.80. The number of nitrogens with one attached hydrogen (secondary N) is 2. The lowest BCUT2D eigenvalue weighted by Gasteiger charge is -2.11. The molecule has 0 bridgehead atoms. The lowest BCUT2D eigenvalue weighted by molar-refractivity contribution is 0.0946. The Morgan fingerprint density at radius 1 is 1.00 bits per heavy atom. The van der Waals surface area contributed by atoms with Gasteiger partial charge in [0.25, 0.3) is 11.8 Å². The van der Waals surface area contributed by atoms with Crippen molar-refractivity contribution in [3.8, 4) is 11.5 Å². The first-order chi connectivity index (χ1) is 13.4. The van der Waals surface area contributed by atoms with E-state index in [9.17, 15) is 9.59 Å². The molecule has 0 radical (unpaired) electrons. The molecule has 7 heteroatoms. The Balaban J connectivity index is 1.98. The second kappa shape index (κ2) is 10.3. The van der Waals surface area contributed by atoms with Crippen molar-refractivity contribution < 1.29 is 19.1 Å². The van der Waals surface area contributed by atoms with Crippen molar-refractivity contribution >= 4 is 11.8 Å². The minimum Gasteiger partial charge on any atom is -0.493 e. The van der Waals surface area contributed by atoms with Crippen LogP contribution < -0.4 is 20.1 Å². The lowest BCUT2D eigenvalue weighted by Crippen LogP contribution is -2.27. The monoisotopic (exact) mass is 385 g/mol. The molecule has 2 amide bonds. The summed E-state index contributed by atoms with van der Waals surface area (Å²) in [5, 5.41) is 5.65. The molecule has 0 aliphatic carbocycles. The predicted molar refractivity (Wildman–Crippen MR) is 107 cm³/mol. The molecule has 0 aliphatic heterocycles. The number of amides is 2. The van der Waals surface area contributed by atoms with Gasteiger partial charge in [-0.25, -0.2) is 0 Å². The van der Waals surface area contributed by atoms with Crippen LogP contribution in [0.3, 0.4) is 0 Å². The van der Waals surface area contributed by atoms with Crippen LogP contribution in [0.1, 0.15) is 46.7 Å². The number of aromatic nitrogens is 1. The van der Waals surface area contributed by atoms with Gasteiger partial charge in [0.15, 0.2) is 11.5 Å². The topological polar surface area (TPSA) is 89.5 Å². The van der Waals surface area contributed by atoms with Gasteiger partial charge in [0.1, 0.15) is 5.69 Å². The highest BCUT2D eigenvalue weighted by atomic mass is 16.5. The molecule has 0 fully saturated rings. The highest BCUT2D eigenvalue weighted by molar-refractivity contribution is 5.98. The average molecular weight is 385 g/mol. The van der Waals surface area contributed by atoms with E-state index in [1.165, 1.54) is 12.3 Å². The number of pyridine rings is 1. The first kappa shape index (κ1) is 21.2. The number of hydrogen-bond donors (Lipinski definition) is 2. The van der Waals surface area contributed by atoms with Gasteiger partial charge < -0.3 is 20.1 Å². The fourth-order valence-corrected chi connectivity index (χ4v) is 2.54. The summed E-state index contributed by atoms with van der Waals surface area (Å²) in [6, 6.07) is 8.50. The molecule has 0 saturated heterocycles. The van der Waals surface area contributed by atoms with Crippen LogP contribution in [0.25, 0.3) is 0 Å². The minimum absolute atomic E-state index is 0.192. The van der Waals surface area contributed by atoms with Crippen LogP contribution in [-0.2, 0) is 6.54 Å². The molecule has 7 nitrogen and oxygen atoms in total. The summed E-state index contributed by atoms with van der Waals surface area (Å²) in [6.07, 6.45) is 2.36. The smallest absolute Gasteiger partial charge is 0.270 e. The van der Waals surface area contributed by atoms with E-state index in [0.29, 0.717) is 36.1 Å². The number of nitrogens with zero attached hydrogens (tertiary/aromatic N) is 1. The van der Waals surface area contributed by atoms with E-state index in [1.54, 1.807) is 32.4 Å². The summed E-state index contributed by atoms with van der Waals surface area (Å²) in [4.78, 5) is 28.7. The zero-order valence-electron chi connectivity index (χ0n) is 16.7. The summed E-state index contributed by atoms with van der Waals surface area (Å²) in [7, 11) is 3.12. The van der Waals surface area contributed by atoms with Crippen molar-refractivity contribution in [2.24, 2.45) is 5.92 Å². The maximum atomic E-state index is 12.4. The van der Waals surface area contributed by atoms with Crippen LogP contribution in [-0.4, -0.2) is 37.6 Å². The molecule has 1 aromatic heterocycles. The fourth-order valence-electron chi connectivity index (χ4n) is 2.54. The lowest BCUT2D eigenvalue weighted by atomic mass is 10.1. The third kappa shape index (κ3) is 5.97. The van der Waals surface area contributed by atoms with Crippen LogP contribution in [0.2, 0.25) is 0 Å². The number of carbonyl (C=O) groups excluding carboxylic acids is 2. The summed E-state index contributed by atoms with van der Waals surface area (Å²) < 4.78 is 10.5.